The first-order valence-electron chi connectivity index (χ1n) is 7.18. The Balaban J connectivity index is 2.02. The van der Waals surface area contributed by atoms with Gasteiger partial charge in [0.1, 0.15) is 5.69 Å². The first-order valence-corrected chi connectivity index (χ1v) is 7.97. The first kappa shape index (κ1) is 15.7. The number of Topliss-reactive ketones (excluding diaryl/α,β-unsaturated/α-hetero) is 1. The monoisotopic (exact) mass is 342 g/mol. The zero-order valence-electron chi connectivity index (χ0n) is 12.2. The molecule has 0 bridgehead atoms. The normalized spacial score (nSPS) is 16.8. The molecule has 1 N–H and O–H groups in total. The molecule has 20 heavy (non-hydrogen) atoms. The van der Waals surface area contributed by atoms with E-state index in [2.05, 4.69) is 31.2 Å². The molecule has 1 aliphatic rings. The summed E-state index contributed by atoms with van der Waals surface area (Å²) < 4.78 is 2.64. The van der Waals surface area contributed by atoms with E-state index in [4.69, 9.17) is 0 Å². The van der Waals surface area contributed by atoms with Crippen molar-refractivity contribution in [3.8, 4) is 0 Å². The minimum absolute atomic E-state index is 0.208. The molecule has 1 aromatic heterocycles. The van der Waals surface area contributed by atoms with Gasteiger partial charge in [0.25, 0.3) is 0 Å². The third-order valence-corrected chi connectivity index (χ3v) is 4.33. The molecule has 2 heterocycles. The van der Waals surface area contributed by atoms with E-state index in [0.717, 1.165) is 49.2 Å². The van der Waals surface area contributed by atoms with Gasteiger partial charge < -0.3 is 10.2 Å². The minimum Gasteiger partial charge on any atom is -0.317 e. The predicted molar refractivity (Wildman–Crippen MR) is 83.0 cm³/mol. The fraction of sp³-hybridized carbons (Fsp3) is 0.714. The predicted octanol–water partition coefficient (Wildman–Crippen LogP) is 1.78. The molecule has 5 nitrogen and oxygen atoms in total. The molecule has 0 atom stereocenters. The van der Waals surface area contributed by atoms with Gasteiger partial charge >= 0.3 is 0 Å². The number of rotatable bonds is 6. The van der Waals surface area contributed by atoms with Gasteiger partial charge in [0.05, 0.1) is 17.2 Å². The van der Waals surface area contributed by atoms with E-state index in [1.165, 1.54) is 0 Å². The summed E-state index contributed by atoms with van der Waals surface area (Å²) in [5.41, 5.74) is 0.727. The van der Waals surface area contributed by atoms with Crippen LogP contribution < -0.4 is 5.32 Å². The third kappa shape index (κ3) is 4.14. The smallest absolute Gasteiger partial charge is 0.182 e. The lowest BCUT2D eigenvalue weighted by atomic mass is 9.92. The summed E-state index contributed by atoms with van der Waals surface area (Å²) >= 11 is 3.46. The van der Waals surface area contributed by atoms with E-state index in [-0.39, 0.29) is 5.78 Å². The highest BCUT2D eigenvalue weighted by Crippen LogP contribution is 2.23. The number of hydrogen-bond acceptors (Lipinski definition) is 4. The van der Waals surface area contributed by atoms with Crippen LogP contribution >= 0.6 is 15.9 Å². The van der Waals surface area contributed by atoms with Crippen LogP contribution in [0.5, 0.6) is 0 Å². The number of piperidine rings is 1. The topological polar surface area (TPSA) is 50.2 Å². The number of halogens is 1. The first-order chi connectivity index (χ1) is 9.58. The molecule has 1 fully saturated rings. The van der Waals surface area contributed by atoms with Crippen LogP contribution in [0.3, 0.4) is 0 Å². The lowest BCUT2D eigenvalue weighted by Crippen LogP contribution is -2.29. The molecular formula is C14H23BrN4O. The number of ketones is 1. The molecule has 112 valence electrons. The van der Waals surface area contributed by atoms with E-state index in [1.807, 2.05) is 18.8 Å². The number of likely N-dealkylation sites (N-methyl/N-ethyl adjacent to an activating group) is 1. The van der Waals surface area contributed by atoms with Crippen LogP contribution in [0.25, 0.3) is 0 Å². The number of carbonyl (C=O) groups excluding carboxylic acids is 1. The second-order valence-corrected chi connectivity index (χ2v) is 6.54. The van der Waals surface area contributed by atoms with Crippen molar-refractivity contribution in [3.63, 3.8) is 0 Å². The summed E-state index contributed by atoms with van der Waals surface area (Å²) in [6, 6.07) is 0. The van der Waals surface area contributed by atoms with Gasteiger partial charge in [-0.3, -0.25) is 9.48 Å². The molecule has 0 aromatic carbocycles. The van der Waals surface area contributed by atoms with Gasteiger partial charge in [0, 0.05) is 13.0 Å². The van der Waals surface area contributed by atoms with E-state index >= 15 is 0 Å². The zero-order chi connectivity index (χ0) is 14.5. The summed E-state index contributed by atoms with van der Waals surface area (Å²) in [4.78, 5) is 14.6. The Morgan fingerprint density at radius 1 is 1.50 bits per heavy atom. The van der Waals surface area contributed by atoms with Crippen LogP contribution in [0.2, 0.25) is 0 Å². The number of hydrogen-bond donors (Lipinski definition) is 1. The Kier molecular flexibility index (Phi) is 5.74. The Hall–Kier alpha value is -0.720. The Morgan fingerprint density at radius 2 is 2.20 bits per heavy atom. The lowest BCUT2D eigenvalue weighted by molar-refractivity contribution is 0.0940. The summed E-state index contributed by atoms with van der Waals surface area (Å²) in [5.74, 6) is 0.716. The van der Waals surface area contributed by atoms with Gasteiger partial charge in [-0.05, 0) is 61.9 Å². The van der Waals surface area contributed by atoms with Gasteiger partial charge in [-0.2, -0.15) is 5.10 Å². The van der Waals surface area contributed by atoms with Gasteiger partial charge in [0.2, 0.25) is 0 Å². The van der Waals surface area contributed by atoms with Crippen molar-refractivity contribution in [2.24, 2.45) is 5.92 Å². The third-order valence-electron chi connectivity index (χ3n) is 3.75. The van der Waals surface area contributed by atoms with Crippen molar-refractivity contribution in [2.45, 2.75) is 25.8 Å². The lowest BCUT2D eigenvalue weighted by Gasteiger charge is -2.22. The highest BCUT2D eigenvalue weighted by Gasteiger charge is 2.22. The maximum absolute atomic E-state index is 12.5. The average molecular weight is 343 g/mol. The highest BCUT2D eigenvalue weighted by atomic mass is 79.9. The zero-order valence-corrected chi connectivity index (χ0v) is 13.8. The van der Waals surface area contributed by atoms with Gasteiger partial charge in [-0.1, -0.05) is 0 Å². The van der Waals surface area contributed by atoms with Crippen molar-refractivity contribution in [3.05, 3.63) is 16.4 Å². The fourth-order valence-electron chi connectivity index (χ4n) is 2.55. The van der Waals surface area contributed by atoms with Gasteiger partial charge in [-0.25, -0.2) is 0 Å². The second-order valence-electron chi connectivity index (χ2n) is 5.69. The number of carbonyl (C=O) groups is 1. The van der Waals surface area contributed by atoms with Crippen molar-refractivity contribution < 1.29 is 4.79 Å². The molecule has 0 unspecified atom stereocenters. The van der Waals surface area contributed by atoms with E-state index < -0.39 is 0 Å². The summed E-state index contributed by atoms with van der Waals surface area (Å²) in [6.45, 7) is 3.67. The summed E-state index contributed by atoms with van der Waals surface area (Å²) in [5, 5.41) is 7.65. The van der Waals surface area contributed by atoms with Crippen molar-refractivity contribution in [1.82, 2.24) is 20.0 Å². The Bertz CT molecular complexity index is 452. The largest absolute Gasteiger partial charge is 0.317 e. The van der Waals surface area contributed by atoms with Crippen molar-refractivity contribution in [2.75, 3.05) is 33.7 Å². The molecule has 1 aliphatic heterocycles. The summed E-state index contributed by atoms with van der Waals surface area (Å²) in [7, 11) is 4.05. The molecule has 1 saturated heterocycles. The van der Waals surface area contributed by atoms with Crippen LogP contribution in [-0.4, -0.2) is 54.2 Å². The maximum atomic E-state index is 12.5. The Morgan fingerprint density at radius 3 is 2.85 bits per heavy atom. The quantitative estimate of drug-likeness (QED) is 0.800. The van der Waals surface area contributed by atoms with Crippen molar-refractivity contribution in [1.29, 1.82) is 0 Å². The molecule has 0 aliphatic carbocycles. The molecule has 0 spiro atoms. The van der Waals surface area contributed by atoms with Gasteiger partial charge in [-0.15, -0.1) is 0 Å². The molecule has 0 amide bonds. The number of aromatic nitrogens is 2. The molecule has 0 radical (unpaired) electrons. The molecular weight excluding hydrogens is 320 g/mol. The average Bonchev–Trinajstić information content (AvgIpc) is 2.78. The SMILES string of the molecule is CN(C)CCn1ncc(Br)c1C(=O)CC1CCNCC1. The maximum Gasteiger partial charge on any atom is 0.182 e. The molecule has 0 saturated carbocycles. The highest BCUT2D eigenvalue weighted by molar-refractivity contribution is 9.10. The van der Waals surface area contributed by atoms with E-state index in [0.29, 0.717) is 12.3 Å². The van der Waals surface area contributed by atoms with E-state index in [9.17, 15) is 4.79 Å². The van der Waals surface area contributed by atoms with Crippen LogP contribution in [0.1, 0.15) is 29.8 Å². The molecule has 6 heteroatoms. The van der Waals surface area contributed by atoms with Crippen LogP contribution in [0.15, 0.2) is 10.7 Å². The van der Waals surface area contributed by atoms with Crippen LogP contribution in [0.4, 0.5) is 0 Å². The molecule has 1 aromatic rings. The van der Waals surface area contributed by atoms with Crippen LogP contribution in [-0.2, 0) is 6.54 Å². The van der Waals surface area contributed by atoms with E-state index in [1.54, 1.807) is 6.20 Å². The minimum atomic E-state index is 0.208. The van der Waals surface area contributed by atoms with Crippen molar-refractivity contribution >= 4 is 21.7 Å². The van der Waals surface area contributed by atoms with Gasteiger partial charge in [0.15, 0.2) is 5.78 Å². The number of nitrogens with zero attached hydrogens (tertiary/aromatic N) is 3. The van der Waals surface area contributed by atoms with Crippen LogP contribution in [0, 0.1) is 5.92 Å². The Labute approximate surface area is 128 Å². The second kappa shape index (κ2) is 7.33. The molecule has 2 rings (SSSR count). The fourth-order valence-corrected chi connectivity index (χ4v) is 3.07. The summed E-state index contributed by atoms with van der Waals surface area (Å²) in [6.07, 6.45) is 4.55. The number of nitrogens with one attached hydrogen (secondary N) is 1. The standard InChI is InChI=1S/C14H23BrN4O/c1-18(2)7-8-19-14(12(15)10-17-19)13(20)9-11-3-5-16-6-4-11/h10-11,16H,3-9H2,1-2H3.